The normalized spacial score (nSPS) is 15.0. The highest BCUT2D eigenvalue weighted by molar-refractivity contribution is 7.89. The van der Waals surface area contributed by atoms with E-state index < -0.39 is 10.0 Å². The fourth-order valence-corrected chi connectivity index (χ4v) is 5.52. The lowest BCUT2D eigenvalue weighted by molar-refractivity contribution is 0.383. The Balaban J connectivity index is 1.34. The van der Waals surface area contributed by atoms with Crippen LogP contribution >= 0.6 is 0 Å². The molecule has 8 nitrogen and oxygen atoms in total. The van der Waals surface area contributed by atoms with Gasteiger partial charge in [-0.3, -0.25) is 4.98 Å². The van der Waals surface area contributed by atoms with Gasteiger partial charge < -0.3 is 9.64 Å². The van der Waals surface area contributed by atoms with E-state index in [1.807, 2.05) is 49.4 Å². The van der Waals surface area contributed by atoms with E-state index in [4.69, 9.17) is 4.74 Å². The van der Waals surface area contributed by atoms with Gasteiger partial charge in [0.25, 0.3) is 0 Å². The minimum absolute atomic E-state index is 0.241. The van der Waals surface area contributed by atoms with Crippen molar-refractivity contribution in [1.29, 1.82) is 0 Å². The monoisotopic (exact) mass is 461 g/mol. The first-order valence-electron chi connectivity index (χ1n) is 10.7. The van der Waals surface area contributed by atoms with Gasteiger partial charge in [0.15, 0.2) is 0 Å². The Hall–Kier alpha value is -3.56. The molecule has 5 rings (SSSR count). The van der Waals surface area contributed by atoms with Crippen LogP contribution in [0.25, 0.3) is 10.9 Å². The molecule has 0 unspecified atom stereocenters. The van der Waals surface area contributed by atoms with E-state index in [9.17, 15) is 8.42 Å². The number of hydrogen-bond acceptors (Lipinski definition) is 7. The van der Waals surface area contributed by atoms with Gasteiger partial charge in [0.2, 0.25) is 15.9 Å². The summed E-state index contributed by atoms with van der Waals surface area (Å²) in [6.07, 6.45) is 1.62. The van der Waals surface area contributed by atoms with E-state index in [1.165, 1.54) is 4.31 Å². The molecule has 9 heteroatoms. The first-order valence-corrected chi connectivity index (χ1v) is 12.1. The Kier molecular flexibility index (Phi) is 5.65. The predicted molar refractivity (Wildman–Crippen MR) is 126 cm³/mol. The number of pyridine rings is 1. The van der Waals surface area contributed by atoms with Crippen LogP contribution in [0.3, 0.4) is 0 Å². The first-order chi connectivity index (χ1) is 16.0. The fraction of sp³-hybridized carbons (Fsp3) is 0.208. The summed E-state index contributed by atoms with van der Waals surface area (Å²) >= 11 is 0. The second kappa shape index (κ2) is 8.76. The number of para-hydroxylation sites is 2. The Morgan fingerprint density at radius 3 is 2.42 bits per heavy atom. The number of rotatable bonds is 5. The molecule has 3 heterocycles. The molecular formula is C24H23N5O3S. The third-order valence-corrected chi connectivity index (χ3v) is 7.47. The number of benzene rings is 2. The molecule has 168 valence electrons. The van der Waals surface area contributed by atoms with Crippen LogP contribution in [0.5, 0.6) is 11.6 Å². The van der Waals surface area contributed by atoms with Crippen molar-refractivity contribution >= 4 is 26.7 Å². The highest BCUT2D eigenvalue weighted by Gasteiger charge is 2.30. The highest BCUT2D eigenvalue weighted by Crippen LogP contribution is 2.27. The molecule has 4 aromatic rings. The molecule has 0 amide bonds. The van der Waals surface area contributed by atoms with Crippen LogP contribution in [0.15, 0.2) is 77.8 Å². The van der Waals surface area contributed by atoms with E-state index in [0.717, 1.165) is 11.2 Å². The van der Waals surface area contributed by atoms with Crippen LogP contribution < -0.4 is 9.64 Å². The van der Waals surface area contributed by atoms with E-state index in [1.54, 1.807) is 30.5 Å². The Morgan fingerprint density at radius 2 is 1.64 bits per heavy atom. The topological polar surface area (TPSA) is 88.5 Å². The lowest BCUT2D eigenvalue weighted by atomic mass is 10.2. The number of piperazine rings is 1. The molecule has 0 N–H and O–H groups in total. The van der Waals surface area contributed by atoms with E-state index in [0.29, 0.717) is 49.1 Å². The van der Waals surface area contributed by atoms with Gasteiger partial charge in [-0.25, -0.2) is 13.4 Å². The van der Waals surface area contributed by atoms with Crippen LogP contribution in [-0.4, -0.2) is 53.9 Å². The summed E-state index contributed by atoms with van der Waals surface area (Å²) in [5, 5.41) is 0.805. The molecule has 2 aromatic carbocycles. The number of hydrogen-bond donors (Lipinski definition) is 0. The van der Waals surface area contributed by atoms with E-state index >= 15 is 0 Å². The summed E-state index contributed by atoms with van der Waals surface area (Å²) < 4.78 is 34.1. The molecule has 0 radical (unpaired) electrons. The SMILES string of the molecule is Cc1nc(Oc2ccccc2)cc(N2CCN(S(=O)(=O)c3cccc4cccnc34)CC2)n1. The molecule has 0 atom stereocenters. The van der Waals surface area contributed by atoms with Crippen LogP contribution in [0.2, 0.25) is 0 Å². The number of sulfonamides is 1. The number of fused-ring (bicyclic) bond motifs is 1. The second-order valence-corrected chi connectivity index (χ2v) is 9.66. The second-order valence-electron chi connectivity index (χ2n) is 7.75. The van der Waals surface area contributed by atoms with Crippen molar-refractivity contribution in [3.8, 4) is 11.6 Å². The Bertz CT molecular complexity index is 1380. The number of anilines is 1. The van der Waals surface area contributed by atoms with Crippen molar-refractivity contribution in [3.05, 3.63) is 78.8 Å². The number of nitrogens with zero attached hydrogens (tertiary/aromatic N) is 5. The zero-order chi connectivity index (χ0) is 22.8. The molecule has 2 aromatic heterocycles. The predicted octanol–water partition coefficient (Wildman–Crippen LogP) is 3.64. The molecule has 0 spiro atoms. The number of aromatic nitrogens is 3. The maximum atomic E-state index is 13.4. The van der Waals surface area contributed by atoms with Crippen molar-refractivity contribution in [3.63, 3.8) is 0 Å². The minimum atomic E-state index is -3.66. The average molecular weight is 462 g/mol. The fourth-order valence-electron chi connectivity index (χ4n) is 3.93. The van der Waals surface area contributed by atoms with Gasteiger partial charge in [-0.15, -0.1) is 0 Å². The van der Waals surface area contributed by atoms with Crippen molar-refractivity contribution < 1.29 is 13.2 Å². The molecule has 1 aliphatic heterocycles. The first kappa shape index (κ1) is 21.3. The highest BCUT2D eigenvalue weighted by atomic mass is 32.2. The third-order valence-electron chi connectivity index (χ3n) is 5.54. The molecule has 0 bridgehead atoms. The van der Waals surface area contributed by atoms with Crippen LogP contribution in [0, 0.1) is 6.92 Å². The van der Waals surface area contributed by atoms with E-state index in [2.05, 4.69) is 19.9 Å². The third kappa shape index (κ3) is 4.37. The maximum Gasteiger partial charge on any atom is 0.245 e. The van der Waals surface area contributed by atoms with Crippen LogP contribution in [0.1, 0.15) is 5.82 Å². The van der Waals surface area contributed by atoms with Crippen LogP contribution in [-0.2, 0) is 10.0 Å². The number of ether oxygens (including phenoxy) is 1. The van der Waals surface area contributed by atoms with Gasteiger partial charge in [-0.05, 0) is 31.2 Å². The van der Waals surface area contributed by atoms with Gasteiger partial charge in [0.1, 0.15) is 22.3 Å². The molecule has 1 fully saturated rings. The van der Waals surface area contributed by atoms with Gasteiger partial charge in [0.05, 0.1) is 5.52 Å². The molecule has 0 saturated carbocycles. The maximum absolute atomic E-state index is 13.4. The summed E-state index contributed by atoms with van der Waals surface area (Å²) in [5.41, 5.74) is 0.497. The van der Waals surface area contributed by atoms with Crippen molar-refractivity contribution in [2.75, 3.05) is 31.1 Å². The van der Waals surface area contributed by atoms with E-state index in [-0.39, 0.29) is 4.90 Å². The van der Waals surface area contributed by atoms with Gasteiger partial charge in [-0.1, -0.05) is 36.4 Å². The molecule has 0 aliphatic carbocycles. The summed E-state index contributed by atoms with van der Waals surface area (Å²) in [6.45, 7) is 3.54. The lowest BCUT2D eigenvalue weighted by Gasteiger charge is -2.34. The minimum Gasteiger partial charge on any atom is -0.439 e. The summed E-state index contributed by atoms with van der Waals surface area (Å²) in [7, 11) is -3.66. The van der Waals surface area contributed by atoms with Crippen molar-refractivity contribution in [2.45, 2.75) is 11.8 Å². The molecular weight excluding hydrogens is 438 g/mol. The van der Waals surface area contributed by atoms with Crippen molar-refractivity contribution in [2.24, 2.45) is 0 Å². The summed E-state index contributed by atoms with van der Waals surface area (Å²) in [6, 6.07) is 20.2. The average Bonchev–Trinajstić information content (AvgIpc) is 2.84. The molecule has 1 saturated heterocycles. The zero-order valence-corrected chi connectivity index (χ0v) is 18.9. The van der Waals surface area contributed by atoms with Crippen LogP contribution in [0.4, 0.5) is 5.82 Å². The van der Waals surface area contributed by atoms with Gasteiger partial charge >= 0.3 is 0 Å². The summed E-state index contributed by atoms with van der Waals surface area (Å²) in [5.74, 6) is 2.47. The Labute approximate surface area is 192 Å². The molecule has 33 heavy (non-hydrogen) atoms. The quantitative estimate of drug-likeness (QED) is 0.448. The Morgan fingerprint density at radius 1 is 0.879 bits per heavy atom. The zero-order valence-electron chi connectivity index (χ0n) is 18.1. The summed E-state index contributed by atoms with van der Waals surface area (Å²) in [4.78, 5) is 15.5. The van der Waals surface area contributed by atoms with Crippen molar-refractivity contribution in [1.82, 2.24) is 19.3 Å². The standard InChI is InChI=1S/C24H23N5O3S/c1-18-26-22(17-23(27-18)32-20-9-3-2-4-10-20)28-13-15-29(16-14-28)33(30,31)21-11-5-7-19-8-6-12-25-24(19)21/h2-12,17H,13-16H2,1H3. The lowest BCUT2D eigenvalue weighted by Crippen LogP contribution is -2.49. The largest absolute Gasteiger partial charge is 0.439 e. The smallest absolute Gasteiger partial charge is 0.245 e. The van der Waals surface area contributed by atoms with Gasteiger partial charge in [0, 0.05) is 43.8 Å². The molecule has 1 aliphatic rings. The van der Waals surface area contributed by atoms with Gasteiger partial charge in [-0.2, -0.15) is 9.29 Å². The number of aryl methyl sites for hydroxylation is 1.